The molecule has 0 radical (unpaired) electrons. The summed E-state index contributed by atoms with van der Waals surface area (Å²) in [7, 11) is 0. The van der Waals surface area contributed by atoms with E-state index in [4.69, 9.17) is 9.47 Å². The van der Waals surface area contributed by atoms with Crippen LogP contribution in [0, 0.1) is 23.7 Å². The molecule has 5 aliphatic rings. The van der Waals surface area contributed by atoms with E-state index in [1.807, 2.05) is 0 Å². The van der Waals surface area contributed by atoms with Crippen molar-refractivity contribution in [2.75, 3.05) is 6.79 Å². The summed E-state index contributed by atoms with van der Waals surface area (Å²) in [4.78, 5) is 0. The molecule has 4 saturated carbocycles. The van der Waals surface area contributed by atoms with Crippen LogP contribution in [-0.2, 0) is 6.54 Å². The van der Waals surface area contributed by atoms with Gasteiger partial charge in [0.2, 0.25) is 6.79 Å². The molecule has 1 aromatic rings. The Morgan fingerprint density at radius 1 is 0.905 bits per heavy atom. The average Bonchev–Trinajstić information content (AvgIpc) is 2.93. The lowest BCUT2D eigenvalue weighted by atomic mass is 9.54. The Balaban J connectivity index is 1.28. The second kappa shape index (κ2) is 4.64. The number of nitrogens with two attached hydrogens (primary N) is 1. The lowest BCUT2D eigenvalue weighted by Gasteiger charge is -2.52. The normalized spacial score (nSPS) is 39.0. The first kappa shape index (κ1) is 12.3. The minimum atomic E-state index is 0.373. The summed E-state index contributed by atoms with van der Waals surface area (Å²) in [5, 5.41) is 2.63. The van der Waals surface area contributed by atoms with Crippen LogP contribution >= 0.6 is 0 Å². The number of ether oxygens (including phenoxy) is 2. The molecule has 0 atom stereocenters. The number of benzene rings is 1. The fourth-order valence-corrected chi connectivity index (χ4v) is 5.69. The van der Waals surface area contributed by atoms with Crippen LogP contribution in [0.25, 0.3) is 0 Å². The van der Waals surface area contributed by atoms with Crippen LogP contribution in [0.3, 0.4) is 0 Å². The number of hydrogen-bond acceptors (Lipinski definition) is 2. The molecule has 1 aliphatic heterocycles. The lowest BCUT2D eigenvalue weighted by Crippen LogP contribution is -2.93. The number of quaternary nitrogens is 1. The molecule has 0 unspecified atom stereocenters. The number of rotatable bonds is 3. The van der Waals surface area contributed by atoms with Crippen LogP contribution in [0.1, 0.15) is 37.7 Å². The van der Waals surface area contributed by atoms with Gasteiger partial charge in [0.05, 0.1) is 6.04 Å². The first-order valence-corrected chi connectivity index (χ1v) is 8.57. The average molecular weight is 286 g/mol. The van der Waals surface area contributed by atoms with E-state index in [2.05, 4.69) is 23.5 Å². The van der Waals surface area contributed by atoms with Crippen molar-refractivity contribution in [2.45, 2.75) is 44.7 Å². The third-order valence-corrected chi connectivity index (χ3v) is 6.36. The zero-order chi connectivity index (χ0) is 13.8. The Labute approximate surface area is 126 Å². The van der Waals surface area contributed by atoms with Crippen molar-refractivity contribution >= 4 is 0 Å². The zero-order valence-electron chi connectivity index (χ0n) is 12.5. The van der Waals surface area contributed by atoms with E-state index >= 15 is 0 Å². The maximum absolute atomic E-state index is 5.49. The van der Waals surface area contributed by atoms with E-state index in [0.29, 0.717) is 6.79 Å². The second-order valence-corrected chi connectivity index (χ2v) is 7.64. The highest BCUT2D eigenvalue weighted by atomic mass is 16.7. The SMILES string of the molecule is c1cc2c(cc1C[NH2+]C1C3CC4CC(C3)CC1C4)OCO2. The molecular weight excluding hydrogens is 262 g/mol. The molecule has 0 saturated heterocycles. The molecule has 1 heterocycles. The molecule has 3 nitrogen and oxygen atoms in total. The molecule has 112 valence electrons. The fraction of sp³-hybridized carbons (Fsp3) is 0.667. The minimum absolute atomic E-state index is 0.373. The Kier molecular flexibility index (Phi) is 2.72. The first-order chi connectivity index (χ1) is 10.3. The summed E-state index contributed by atoms with van der Waals surface area (Å²) in [6.45, 7) is 1.46. The molecule has 0 spiro atoms. The molecule has 0 aromatic heterocycles. The van der Waals surface area contributed by atoms with Crippen LogP contribution in [0.15, 0.2) is 18.2 Å². The molecular formula is C18H24NO2+. The van der Waals surface area contributed by atoms with Crippen molar-refractivity contribution < 1.29 is 14.8 Å². The van der Waals surface area contributed by atoms with Crippen molar-refractivity contribution in [1.82, 2.24) is 0 Å². The molecule has 21 heavy (non-hydrogen) atoms. The van der Waals surface area contributed by atoms with Crippen LogP contribution in [0.2, 0.25) is 0 Å². The topological polar surface area (TPSA) is 35.1 Å². The molecule has 6 rings (SSSR count). The van der Waals surface area contributed by atoms with Gasteiger partial charge in [-0.3, -0.25) is 0 Å². The van der Waals surface area contributed by atoms with Crippen LogP contribution in [0.4, 0.5) is 0 Å². The van der Waals surface area contributed by atoms with Crippen molar-refractivity contribution in [2.24, 2.45) is 23.7 Å². The first-order valence-electron chi connectivity index (χ1n) is 8.57. The van der Waals surface area contributed by atoms with E-state index in [0.717, 1.165) is 47.8 Å². The van der Waals surface area contributed by atoms with E-state index in [-0.39, 0.29) is 0 Å². The van der Waals surface area contributed by atoms with E-state index in [9.17, 15) is 0 Å². The van der Waals surface area contributed by atoms with Gasteiger partial charge in [0.1, 0.15) is 6.54 Å². The Morgan fingerprint density at radius 3 is 2.38 bits per heavy atom. The third kappa shape index (κ3) is 2.05. The van der Waals surface area contributed by atoms with Crippen LogP contribution in [-0.4, -0.2) is 12.8 Å². The van der Waals surface area contributed by atoms with Gasteiger partial charge in [-0.25, -0.2) is 0 Å². The number of fused-ring (bicyclic) bond motifs is 1. The molecule has 0 amide bonds. The van der Waals surface area contributed by atoms with Gasteiger partial charge < -0.3 is 14.8 Å². The zero-order valence-corrected chi connectivity index (χ0v) is 12.5. The summed E-state index contributed by atoms with van der Waals surface area (Å²) >= 11 is 0. The van der Waals surface area contributed by atoms with Crippen molar-refractivity contribution in [3.05, 3.63) is 23.8 Å². The van der Waals surface area contributed by atoms with Gasteiger partial charge in [0.25, 0.3) is 0 Å². The van der Waals surface area contributed by atoms with Gasteiger partial charge in [-0.05, 0) is 62.1 Å². The molecule has 2 N–H and O–H groups in total. The van der Waals surface area contributed by atoms with Crippen molar-refractivity contribution in [1.29, 1.82) is 0 Å². The smallest absolute Gasteiger partial charge is 0.231 e. The van der Waals surface area contributed by atoms with Crippen molar-refractivity contribution in [3.8, 4) is 11.5 Å². The predicted molar refractivity (Wildman–Crippen MR) is 79.0 cm³/mol. The standard InChI is InChI=1S/C18H23NO2/c1-2-16-17(21-10-20-16)8-11(1)9-19-18-14-4-12-3-13(6-14)7-15(18)5-12/h1-2,8,12-15,18-19H,3-7,9-10H2/p+1. The maximum atomic E-state index is 5.49. The Bertz CT molecular complexity index is 528. The predicted octanol–water partition coefficient (Wildman–Crippen LogP) is 2.30. The Morgan fingerprint density at radius 2 is 1.62 bits per heavy atom. The summed E-state index contributed by atoms with van der Waals surface area (Å²) in [5.41, 5.74) is 1.37. The summed E-state index contributed by atoms with van der Waals surface area (Å²) in [6.07, 6.45) is 7.58. The van der Waals surface area contributed by atoms with E-state index in [1.54, 1.807) is 6.42 Å². The summed E-state index contributed by atoms with van der Waals surface area (Å²) in [6, 6.07) is 7.29. The summed E-state index contributed by atoms with van der Waals surface area (Å²) < 4.78 is 10.9. The lowest BCUT2D eigenvalue weighted by molar-refractivity contribution is -0.723. The minimum Gasteiger partial charge on any atom is -0.454 e. The van der Waals surface area contributed by atoms with Crippen LogP contribution in [0.5, 0.6) is 11.5 Å². The van der Waals surface area contributed by atoms with E-state index in [1.165, 1.54) is 31.2 Å². The molecule has 4 fully saturated rings. The Hall–Kier alpha value is -1.22. The highest BCUT2D eigenvalue weighted by Crippen LogP contribution is 2.52. The van der Waals surface area contributed by atoms with Gasteiger partial charge in [-0.15, -0.1) is 0 Å². The number of hydrogen-bond donors (Lipinski definition) is 1. The summed E-state index contributed by atoms with van der Waals surface area (Å²) in [5.74, 6) is 5.95. The quantitative estimate of drug-likeness (QED) is 0.925. The van der Waals surface area contributed by atoms with Gasteiger partial charge in [-0.2, -0.15) is 0 Å². The molecule has 4 aliphatic carbocycles. The molecule has 3 heteroatoms. The van der Waals surface area contributed by atoms with Gasteiger partial charge in [-0.1, -0.05) is 0 Å². The van der Waals surface area contributed by atoms with Crippen molar-refractivity contribution in [3.63, 3.8) is 0 Å². The molecule has 1 aromatic carbocycles. The van der Waals surface area contributed by atoms with Gasteiger partial charge in [0, 0.05) is 17.4 Å². The highest BCUT2D eigenvalue weighted by Gasteiger charge is 2.50. The van der Waals surface area contributed by atoms with E-state index < -0.39 is 0 Å². The largest absolute Gasteiger partial charge is 0.454 e. The monoisotopic (exact) mass is 286 g/mol. The van der Waals surface area contributed by atoms with Crippen LogP contribution < -0.4 is 14.8 Å². The van der Waals surface area contributed by atoms with Gasteiger partial charge >= 0.3 is 0 Å². The molecule has 4 bridgehead atoms. The van der Waals surface area contributed by atoms with Gasteiger partial charge in [0.15, 0.2) is 11.5 Å². The highest BCUT2D eigenvalue weighted by molar-refractivity contribution is 5.44. The fourth-order valence-electron chi connectivity index (χ4n) is 5.69. The maximum Gasteiger partial charge on any atom is 0.231 e. The second-order valence-electron chi connectivity index (χ2n) is 7.64. The third-order valence-electron chi connectivity index (χ3n) is 6.36.